The number of rotatable bonds is 49. The summed E-state index contributed by atoms with van der Waals surface area (Å²) in [6.07, 6.45) is 56.4. The minimum atomic E-state index is -0.878. The highest BCUT2D eigenvalue weighted by Crippen LogP contribution is 2.17. The summed E-state index contributed by atoms with van der Waals surface area (Å²) in [5, 5.41) is 9.66. The first-order valence-electron chi connectivity index (χ1n) is 27.0. The Kier molecular flexibility index (Phi) is 45.3. The van der Waals surface area contributed by atoms with E-state index in [1.807, 2.05) is 21.1 Å². The molecule has 0 aliphatic rings. The lowest BCUT2D eigenvalue weighted by molar-refractivity contribution is -0.887. The van der Waals surface area contributed by atoms with Gasteiger partial charge in [0.15, 0.2) is 12.1 Å². The van der Waals surface area contributed by atoms with E-state index in [4.69, 9.17) is 14.2 Å². The minimum Gasteiger partial charge on any atom is -0.477 e. The molecule has 0 aliphatic heterocycles. The maximum absolute atomic E-state index is 12.8. The standard InChI is InChI=1S/C56H103NO7/c1-6-8-10-12-14-16-18-20-22-24-25-26-27-28-29-31-33-35-37-39-41-43-45-47-55(59)64-52(50-62-49-48-53(56(60)61)57(3,4)5)51-63-54(58)46-44-42-40-38-36-34-32-30-23-21-19-17-15-13-11-9-7-2/h21,23,32,34,38,40,52-53H,6-20,22,24-31,33,35-37,39,41-51H2,1-5H3/p+1/b23-21+,34-32+,40-38+. The molecule has 0 aromatic rings. The average molecular weight is 903 g/mol. The molecule has 0 saturated heterocycles. The molecule has 2 atom stereocenters. The third kappa shape index (κ3) is 44.7. The molecule has 0 amide bonds. The number of hydrogen-bond donors (Lipinski definition) is 1. The van der Waals surface area contributed by atoms with Gasteiger partial charge in [-0.05, 0) is 44.9 Å². The minimum absolute atomic E-state index is 0.0487. The van der Waals surface area contributed by atoms with Crippen molar-refractivity contribution in [3.8, 4) is 0 Å². The number of allylic oxidation sites excluding steroid dienone is 6. The second-order valence-electron chi connectivity index (χ2n) is 19.5. The van der Waals surface area contributed by atoms with Crippen molar-refractivity contribution in [3.63, 3.8) is 0 Å². The van der Waals surface area contributed by atoms with E-state index in [9.17, 15) is 19.5 Å². The van der Waals surface area contributed by atoms with E-state index in [2.05, 4.69) is 50.3 Å². The van der Waals surface area contributed by atoms with Gasteiger partial charge >= 0.3 is 17.9 Å². The predicted octanol–water partition coefficient (Wildman–Crippen LogP) is 15.8. The van der Waals surface area contributed by atoms with Gasteiger partial charge in [0.05, 0.1) is 34.4 Å². The highest BCUT2D eigenvalue weighted by Gasteiger charge is 2.31. The zero-order chi connectivity index (χ0) is 47.0. The Morgan fingerprint density at radius 2 is 0.844 bits per heavy atom. The fourth-order valence-electron chi connectivity index (χ4n) is 8.11. The van der Waals surface area contributed by atoms with Crippen LogP contribution in [-0.2, 0) is 28.6 Å². The van der Waals surface area contributed by atoms with E-state index in [0.29, 0.717) is 19.3 Å². The summed E-state index contributed by atoms with van der Waals surface area (Å²) in [6, 6.07) is -0.621. The van der Waals surface area contributed by atoms with Crippen molar-refractivity contribution in [2.45, 2.75) is 264 Å². The first-order valence-corrected chi connectivity index (χ1v) is 27.0. The monoisotopic (exact) mass is 903 g/mol. The zero-order valence-electron chi connectivity index (χ0n) is 42.7. The third-order valence-corrected chi connectivity index (χ3v) is 12.3. The Labute approximate surface area is 395 Å². The molecule has 0 rings (SSSR count). The number of nitrogens with zero attached hydrogens (tertiary/aromatic N) is 1. The number of carboxylic acid groups (broad SMARTS) is 1. The number of carbonyl (C=O) groups excluding carboxylic acids is 2. The first-order chi connectivity index (χ1) is 31.1. The summed E-state index contributed by atoms with van der Waals surface area (Å²) in [5.41, 5.74) is 0. The van der Waals surface area contributed by atoms with Gasteiger partial charge in [0, 0.05) is 19.3 Å². The van der Waals surface area contributed by atoms with Crippen LogP contribution in [0.5, 0.6) is 0 Å². The third-order valence-electron chi connectivity index (χ3n) is 12.3. The maximum atomic E-state index is 12.8. The number of unbranched alkanes of at least 4 members (excludes halogenated alkanes) is 29. The summed E-state index contributed by atoms with van der Waals surface area (Å²) in [6.45, 7) is 4.72. The number of carboxylic acids is 1. The van der Waals surface area contributed by atoms with E-state index in [0.717, 1.165) is 38.5 Å². The molecule has 8 nitrogen and oxygen atoms in total. The van der Waals surface area contributed by atoms with Crippen LogP contribution in [-0.4, -0.2) is 80.6 Å². The lowest BCUT2D eigenvalue weighted by Gasteiger charge is -2.31. The fraction of sp³-hybridized carbons (Fsp3) is 0.839. The van der Waals surface area contributed by atoms with Crippen LogP contribution in [0.15, 0.2) is 36.5 Å². The normalized spacial score (nSPS) is 13.1. The van der Waals surface area contributed by atoms with Gasteiger partial charge in [0.2, 0.25) is 0 Å². The largest absolute Gasteiger partial charge is 0.477 e. The molecule has 2 unspecified atom stereocenters. The lowest BCUT2D eigenvalue weighted by Crippen LogP contribution is -2.50. The van der Waals surface area contributed by atoms with Crippen molar-refractivity contribution < 1.29 is 38.2 Å². The fourth-order valence-corrected chi connectivity index (χ4v) is 8.11. The smallest absolute Gasteiger partial charge is 0.362 e. The molecule has 0 bridgehead atoms. The SMILES string of the molecule is CCCCCCCC/C=C/C/C=C/C/C=C/CCCC(=O)OCC(COCCC(C(=O)O)[N+](C)(C)C)OC(=O)CCCCCCCCCCCCCCCCCCCCCCCCC. The highest BCUT2D eigenvalue weighted by molar-refractivity contribution is 5.72. The van der Waals surface area contributed by atoms with Crippen molar-refractivity contribution in [3.05, 3.63) is 36.5 Å². The Morgan fingerprint density at radius 1 is 0.469 bits per heavy atom. The van der Waals surface area contributed by atoms with Crippen molar-refractivity contribution >= 4 is 17.9 Å². The first kappa shape index (κ1) is 61.5. The van der Waals surface area contributed by atoms with Gasteiger partial charge in [0.25, 0.3) is 0 Å². The zero-order valence-corrected chi connectivity index (χ0v) is 42.7. The molecule has 0 spiro atoms. The van der Waals surface area contributed by atoms with Crippen molar-refractivity contribution in [2.75, 3.05) is 41.0 Å². The van der Waals surface area contributed by atoms with Crippen LogP contribution in [0.4, 0.5) is 0 Å². The van der Waals surface area contributed by atoms with Crippen molar-refractivity contribution in [2.24, 2.45) is 0 Å². The molecule has 1 N–H and O–H groups in total. The van der Waals surface area contributed by atoms with Crippen molar-refractivity contribution in [1.29, 1.82) is 0 Å². The van der Waals surface area contributed by atoms with Gasteiger partial charge in [0.1, 0.15) is 6.61 Å². The van der Waals surface area contributed by atoms with E-state index >= 15 is 0 Å². The Bertz CT molecular complexity index is 1140. The topological polar surface area (TPSA) is 99.1 Å². The van der Waals surface area contributed by atoms with Crippen molar-refractivity contribution in [1.82, 2.24) is 0 Å². The molecular formula is C56H104NO7+. The maximum Gasteiger partial charge on any atom is 0.362 e. The lowest BCUT2D eigenvalue weighted by atomic mass is 10.0. The summed E-state index contributed by atoms with van der Waals surface area (Å²) < 4.78 is 17.3. The molecular weight excluding hydrogens is 799 g/mol. The number of quaternary nitrogens is 1. The van der Waals surface area contributed by atoms with Gasteiger partial charge in [-0.2, -0.15) is 0 Å². The Morgan fingerprint density at radius 3 is 1.27 bits per heavy atom. The number of likely N-dealkylation sites (N-methyl/N-ethyl adjacent to an activating group) is 1. The molecule has 0 fully saturated rings. The van der Waals surface area contributed by atoms with E-state index < -0.39 is 18.1 Å². The van der Waals surface area contributed by atoms with Crippen LogP contribution in [0.25, 0.3) is 0 Å². The molecule has 64 heavy (non-hydrogen) atoms. The van der Waals surface area contributed by atoms with Crippen LogP contribution in [0, 0.1) is 0 Å². The molecule has 0 aromatic heterocycles. The van der Waals surface area contributed by atoms with Crippen LogP contribution in [0.3, 0.4) is 0 Å². The molecule has 0 aliphatic carbocycles. The second-order valence-corrected chi connectivity index (χ2v) is 19.5. The van der Waals surface area contributed by atoms with E-state index in [-0.39, 0.29) is 42.7 Å². The van der Waals surface area contributed by atoms with E-state index in [1.165, 1.54) is 173 Å². The number of esters is 2. The predicted molar refractivity (Wildman–Crippen MR) is 271 cm³/mol. The van der Waals surface area contributed by atoms with Crippen LogP contribution >= 0.6 is 0 Å². The molecule has 0 saturated carbocycles. The Hall–Kier alpha value is -2.45. The number of aliphatic carboxylic acids is 1. The van der Waals surface area contributed by atoms with E-state index in [1.54, 1.807) is 0 Å². The highest BCUT2D eigenvalue weighted by atomic mass is 16.6. The number of ether oxygens (including phenoxy) is 3. The van der Waals surface area contributed by atoms with Gasteiger partial charge in [-0.15, -0.1) is 0 Å². The molecule has 0 radical (unpaired) electrons. The second kappa shape index (κ2) is 47.1. The van der Waals surface area contributed by atoms with Crippen LogP contribution in [0.2, 0.25) is 0 Å². The molecule has 0 aromatic carbocycles. The summed E-state index contributed by atoms with van der Waals surface area (Å²) in [7, 11) is 5.53. The van der Waals surface area contributed by atoms with Crippen LogP contribution in [0.1, 0.15) is 251 Å². The van der Waals surface area contributed by atoms with Gasteiger partial charge in [-0.3, -0.25) is 9.59 Å². The average Bonchev–Trinajstić information content (AvgIpc) is 3.26. The number of carbonyl (C=O) groups is 3. The summed E-state index contributed by atoms with van der Waals surface area (Å²) in [4.78, 5) is 37.2. The van der Waals surface area contributed by atoms with Gasteiger partial charge in [-0.1, -0.05) is 224 Å². The van der Waals surface area contributed by atoms with Gasteiger partial charge < -0.3 is 23.8 Å². The molecule has 374 valence electrons. The summed E-state index contributed by atoms with van der Waals surface area (Å²) in [5.74, 6) is -1.52. The van der Waals surface area contributed by atoms with Crippen LogP contribution < -0.4 is 0 Å². The Balaban J connectivity index is 4.23. The molecule has 8 heteroatoms. The number of hydrogen-bond acceptors (Lipinski definition) is 6. The quantitative estimate of drug-likeness (QED) is 0.0281. The van der Waals surface area contributed by atoms with Gasteiger partial charge in [-0.25, -0.2) is 4.79 Å². The molecule has 0 heterocycles. The summed E-state index contributed by atoms with van der Waals surface area (Å²) >= 11 is 0.